The Hall–Kier alpha value is -2.03. The maximum Gasteiger partial charge on any atom is 0.0939 e. The van der Waals surface area contributed by atoms with E-state index < -0.39 is 0 Å². The van der Waals surface area contributed by atoms with Crippen molar-refractivity contribution >= 4 is 18.4 Å². The summed E-state index contributed by atoms with van der Waals surface area (Å²) >= 11 is 0. The van der Waals surface area contributed by atoms with Gasteiger partial charge in [0.15, 0.2) is 0 Å². The van der Waals surface area contributed by atoms with E-state index in [9.17, 15) is 0 Å². The van der Waals surface area contributed by atoms with E-state index in [2.05, 4.69) is 46.1 Å². The minimum atomic E-state index is 1.02. The Labute approximate surface area is 132 Å². The van der Waals surface area contributed by atoms with Gasteiger partial charge in [0.25, 0.3) is 0 Å². The first kappa shape index (κ1) is 14.9. The van der Waals surface area contributed by atoms with Crippen molar-refractivity contribution in [3.05, 3.63) is 46.1 Å². The zero-order valence-corrected chi connectivity index (χ0v) is 13.4. The molecular weight excluding hydrogens is 270 g/mol. The van der Waals surface area contributed by atoms with Crippen LogP contribution in [-0.4, -0.2) is 37.8 Å². The highest BCUT2D eigenvalue weighted by Crippen LogP contribution is 2.10. The first-order chi connectivity index (χ1) is 10.8. The van der Waals surface area contributed by atoms with Gasteiger partial charge >= 0.3 is 0 Å². The second kappa shape index (κ2) is 6.82. The molecule has 116 valence electrons. The lowest BCUT2D eigenvalue weighted by Gasteiger charge is -2.18. The molecule has 1 saturated heterocycles. The van der Waals surface area contributed by atoms with Crippen LogP contribution in [0, 0.1) is 0 Å². The van der Waals surface area contributed by atoms with Gasteiger partial charge in [-0.05, 0) is 41.7 Å². The molecule has 0 atom stereocenters. The van der Waals surface area contributed by atoms with Gasteiger partial charge < -0.3 is 10.2 Å². The van der Waals surface area contributed by atoms with Crippen LogP contribution in [0.3, 0.4) is 0 Å². The van der Waals surface area contributed by atoms with Crippen LogP contribution >= 0.6 is 0 Å². The Kier molecular flexibility index (Phi) is 4.62. The van der Waals surface area contributed by atoms with E-state index in [0.717, 1.165) is 51.1 Å². The lowest BCUT2D eigenvalue weighted by molar-refractivity contribution is 0.389. The molecule has 1 N–H and O–H groups in total. The molecule has 1 aliphatic heterocycles. The molecule has 0 bridgehead atoms. The van der Waals surface area contributed by atoms with Crippen LogP contribution in [-0.2, 0) is 6.42 Å². The molecule has 1 fully saturated rings. The number of fused-ring (bicyclic) bond motifs is 1. The highest BCUT2D eigenvalue weighted by atomic mass is 15.3. The first-order valence-corrected chi connectivity index (χ1v) is 8.22. The van der Waals surface area contributed by atoms with Gasteiger partial charge in [0.2, 0.25) is 0 Å². The third-order valence-corrected chi connectivity index (χ3v) is 4.52. The van der Waals surface area contributed by atoms with Crippen molar-refractivity contribution in [3.63, 3.8) is 0 Å². The zero-order chi connectivity index (χ0) is 15.4. The lowest BCUT2D eigenvalue weighted by atomic mass is 9.96. The van der Waals surface area contributed by atoms with Crippen LogP contribution in [0.4, 0.5) is 0 Å². The average Bonchev–Trinajstić information content (AvgIpc) is 2.95. The highest BCUT2D eigenvalue weighted by Gasteiger charge is 2.13. The summed E-state index contributed by atoms with van der Waals surface area (Å²) in [6, 6.07) is 4.55. The number of hydrogen-bond donors (Lipinski definition) is 1. The van der Waals surface area contributed by atoms with Crippen LogP contribution in [0.1, 0.15) is 30.4 Å². The van der Waals surface area contributed by atoms with Gasteiger partial charge in [-0.25, -0.2) is 0 Å². The molecule has 1 heterocycles. The standard InChI is InChI=1S/C19H25N3/c1-15-21-11-13-22(15)12-5-7-17-10-9-16-6-3-4-8-18(16)19(17)14-20-2/h6,8-10,14,21H,1,3-5,7,11-13H2,2H3. The molecule has 2 aliphatic rings. The Bertz CT molecular complexity index is 700. The zero-order valence-electron chi connectivity index (χ0n) is 13.4. The average molecular weight is 295 g/mol. The molecule has 0 spiro atoms. The summed E-state index contributed by atoms with van der Waals surface area (Å²) in [5.74, 6) is 1.07. The fraction of sp³-hybridized carbons (Fsp3) is 0.421. The van der Waals surface area contributed by atoms with Crippen molar-refractivity contribution in [2.45, 2.75) is 25.7 Å². The van der Waals surface area contributed by atoms with Crippen molar-refractivity contribution in [2.24, 2.45) is 4.99 Å². The summed E-state index contributed by atoms with van der Waals surface area (Å²) in [5.41, 5.74) is 2.72. The van der Waals surface area contributed by atoms with Crippen LogP contribution < -0.4 is 15.8 Å². The Morgan fingerprint density at radius 1 is 1.32 bits per heavy atom. The molecule has 1 aliphatic carbocycles. The van der Waals surface area contributed by atoms with Gasteiger partial charge in [-0.1, -0.05) is 30.9 Å². The summed E-state index contributed by atoms with van der Waals surface area (Å²) in [6.45, 7) is 7.22. The summed E-state index contributed by atoms with van der Waals surface area (Å²) in [7, 11) is 1.86. The Balaban J connectivity index is 1.77. The predicted octanol–water partition coefficient (Wildman–Crippen LogP) is 1.40. The minimum absolute atomic E-state index is 1.02. The van der Waals surface area contributed by atoms with E-state index in [4.69, 9.17) is 0 Å². The summed E-state index contributed by atoms with van der Waals surface area (Å²) < 4.78 is 0. The normalized spacial score (nSPS) is 17.1. The molecule has 1 aromatic carbocycles. The minimum Gasteiger partial charge on any atom is -0.370 e. The van der Waals surface area contributed by atoms with Crippen molar-refractivity contribution in [1.82, 2.24) is 10.2 Å². The topological polar surface area (TPSA) is 27.6 Å². The van der Waals surface area contributed by atoms with E-state index in [1.165, 1.54) is 21.6 Å². The van der Waals surface area contributed by atoms with Crippen molar-refractivity contribution in [1.29, 1.82) is 0 Å². The van der Waals surface area contributed by atoms with E-state index in [-0.39, 0.29) is 0 Å². The monoisotopic (exact) mass is 295 g/mol. The molecule has 0 unspecified atom stereocenters. The second-order valence-corrected chi connectivity index (χ2v) is 5.98. The van der Waals surface area contributed by atoms with Crippen LogP contribution in [0.5, 0.6) is 0 Å². The first-order valence-electron chi connectivity index (χ1n) is 8.22. The van der Waals surface area contributed by atoms with Crippen LogP contribution in [0.25, 0.3) is 12.2 Å². The van der Waals surface area contributed by atoms with E-state index in [1.807, 2.05) is 13.3 Å². The molecule has 3 heteroatoms. The maximum atomic E-state index is 4.28. The SMILES string of the molecule is C=C1NCCN1CCCc1ccc2c(c1C=NC)=CCCC=2. The van der Waals surface area contributed by atoms with Gasteiger partial charge in [-0.2, -0.15) is 0 Å². The number of benzene rings is 1. The van der Waals surface area contributed by atoms with E-state index in [1.54, 1.807) is 0 Å². The lowest BCUT2D eigenvalue weighted by Crippen LogP contribution is -2.32. The van der Waals surface area contributed by atoms with Crippen molar-refractivity contribution in [2.75, 3.05) is 26.7 Å². The van der Waals surface area contributed by atoms with Crippen LogP contribution in [0.2, 0.25) is 0 Å². The molecule has 22 heavy (non-hydrogen) atoms. The van der Waals surface area contributed by atoms with Gasteiger partial charge in [0.1, 0.15) is 0 Å². The van der Waals surface area contributed by atoms with Crippen LogP contribution in [0.15, 0.2) is 29.5 Å². The van der Waals surface area contributed by atoms with Gasteiger partial charge in [-0.15, -0.1) is 0 Å². The molecule has 0 radical (unpaired) electrons. The van der Waals surface area contributed by atoms with Gasteiger partial charge in [-0.3, -0.25) is 4.99 Å². The summed E-state index contributed by atoms with van der Waals surface area (Å²) in [6.07, 6.45) is 11.3. The molecule has 0 saturated carbocycles. The number of hydrogen-bond acceptors (Lipinski definition) is 3. The molecular formula is C19H25N3. The number of aryl methyl sites for hydroxylation is 1. The fourth-order valence-corrected chi connectivity index (χ4v) is 3.36. The van der Waals surface area contributed by atoms with E-state index >= 15 is 0 Å². The molecule has 0 aromatic heterocycles. The Morgan fingerprint density at radius 2 is 2.18 bits per heavy atom. The third kappa shape index (κ3) is 3.08. The predicted molar refractivity (Wildman–Crippen MR) is 94.4 cm³/mol. The molecule has 0 amide bonds. The summed E-state index contributed by atoms with van der Waals surface area (Å²) in [4.78, 5) is 6.62. The number of nitrogens with one attached hydrogen (secondary N) is 1. The number of rotatable bonds is 5. The smallest absolute Gasteiger partial charge is 0.0939 e. The number of aliphatic imine (C=N–C) groups is 1. The highest BCUT2D eigenvalue weighted by molar-refractivity contribution is 5.82. The van der Waals surface area contributed by atoms with Crippen molar-refractivity contribution < 1.29 is 0 Å². The third-order valence-electron chi connectivity index (χ3n) is 4.52. The van der Waals surface area contributed by atoms with Gasteiger partial charge in [0.05, 0.1) is 5.82 Å². The quantitative estimate of drug-likeness (QED) is 0.832. The molecule has 3 nitrogen and oxygen atoms in total. The number of nitrogens with zero attached hydrogens (tertiary/aromatic N) is 2. The van der Waals surface area contributed by atoms with Gasteiger partial charge in [0, 0.05) is 38.5 Å². The summed E-state index contributed by atoms with van der Waals surface area (Å²) in [5, 5.41) is 6.03. The molecule has 3 rings (SSSR count). The largest absolute Gasteiger partial charge is 0.370 e. The fourth-order valence-electron chi connectivity index (χ4n) is 3.36. The van der Waals surface area contributed by atoms with E-state index in [0.29, 0.717) is 0 Å². The second-order valence-electron chi connectivity index (χ2n) is 5.98. The molecule has 1 aromatic rings. The Morgan fingerprint density at radius 3 is 2.95 bits per heavy atom. The maximum absolute atomic E-state index is 4.28. The van der Waals surface area contributed by atoms with Crippen molar-refractivity contribution in [3.8, 4) is 0 Å².